The van der Waals surface area contributed by atoms with E-state index in [1.165, 1.54) is 7.11 Å². The molecular weight excluding hydrogens is 440 g/mol. The molecule has 0 aromatic heterocycles. The van der Waals surface area contributed by atoms with Crippen LogP contribution in [0.3, 0.4) is 0 Å². The molecule has 1 N–H and O–H groups in total. The molecular formula is C21H23BrN2O5. The Kier molecular flexibility index (Phi) is 6.10. The van der Waals surface area contributed by atoms with Crippen LogP contribution >= 0.6 is 15.9 Å². The van der Waals surface area contributed by atoms with Gasteiger partial charge in [-0.2, -0.15) is 0 Å². The van der Waals surface area contributed by atoms with E-state index in [9.17, 15) is 4.79 Å². The first-order chi connectivity index (χ1) is 14.2. The number of nitrogens with one attached hydrogen (secondary N) is 1. The SMILES string of the molecule is COc1cc2c(cc1C(=O)Nc1ccc(N3CCOCC3)c(Br)c1)OCCCO2. The van der Waals surface area contributed by atoms with Gasteiger partial charge in [0.2, 0.25) is 0 Å². The number of rotatable bonds is 4. The van der Waals surface area contributed by atoms with Crippen LogP contribution in [0.5, 0.6) is 17.2 Å². The number of carbonyl (C=O) groups excluding carboxylic acids is 1. The molecule has 4 rings (SSSR count). The van der Waals surface area contributed by atoms with Crippen LogP contribution in [-0.4, -0.2) is 52.5 Å². The van der Waals surface area contributed by atoms with Crippen LogP contribution in [0, 0.1) is 0 Å². The Morgan fingerprint density at radius 1 is 1.07 bits per heavy atom. The number of amides is 1. The fourth-order valence-electron chi connectivity index (χ4n) is 3.38. The van der Waals surface area contributed by atoms with Gasteiger partial charge < -0.3 is 29.2 Å². The number of nitrogens with zero attached hydrogens (tertiary/aromatic N) is 1. The Morgan fingerprint density at radius 2 is 1.79 bits per heavy atom. The minimum Gasteiger partial charge on any atom is -0.496 e. The fraction of sp³-hybridized carbons (Fsp3) is 0.381. The van der Waals surface area contributed by atoms with Gasteiger partial charge in [-0.1, -0.05) is 0 Å². The highest BCUT2D eigenvalue weighted by atomic mass is 79.9. The number of morpholine rings is 1. The monoisotopic (exact) mass is 462 g/mol. The number of hydrogen-bond donors (Lipinski definition) is 1. The van der Waals surface area contributed by atoms with Gasteiger partial charge in [0.1, 0.15) is 5.75 Å². The Balaban J connectivity index is 1.54. The molecule has 2 heterocycles. The lowest BCUT2D eigenvalue weighted by molar-refractivity contribution is 0.102. The molecule has 8 heteroatoms. The molecule has 29 heavy (non-hydrogen) atoms. The Morgan fingerprint density at radius 3 is 2.48 bits per heavy atom. The molecule has 1 amide bonds. The highest BCUT2D eigenvalue weighted by Crippen LogP contribution is 2.37. The number of hydrogen-bond acceptors (Lipinski definition) is 6. The lowest BCUT2D eigenvalue weighted by Crippen LogP contribution is -2.36. The van der Waals surface area contributed by atoms with E-state index in [1.807, 2.05) is 18.2 Å². The molecule has 7 nitrogen and oxygen atoms in total. The van der Waals surface area contributed by atoms with Crippen LogP contribution in [0.25, 0.3) is 0 Å². The zero-order valence-corrected chi connectivity index (χ0v) is 17.8. The molecule has 0 unspecified atom stereocenters. The van der Waals surface area contributed by atoms with Gasteiger partial charge in [0.05, 0.1) is 44.8 Å². The van der Waals surface area contributed by atoms with E-state index in [-0.39, 0.29) is 5.91 Å². The van der Waals surface area contributed by atoms with Gasteiger partial charge in [0, 0.05) is 41.8 Å². The molecule has 2 aliphatic rings. The topological polar surface area (TPSA) is 69.3 Å². The second-order valence-corrected chi connectivity index (χ2v) is 7.62. The quantitative estimate of drug-likeness (QED) is 0.746. The number of halogens is 1. The van der Waals surface area contributed by atoms with E-state index in [4.69, 9.17) is 18.9 Å². The van der Waals surface area contributed by atoms with E-state index >= 15 is 0 Å². The second-order valence-electron chi connectivity index (χ2n) is 6.77. The molecule has 0 spiro atoms. The third-order valence-corrected chi connectivity index (χ3v) is 5.51. The van der Waals surface area contributed by atoms with Crippen LogP contribution in [0.2, 0.25) is 0 Å². The Labute approximate surface area is 178 Å². The van der Waals surface area contributed by atoms with Crippen molar-refractivity contribution in [3.05, 3.63) is 40.4 Å². The molecule has 0 aliphatic carbocycles. The summed E-state index contributed by atoms with van der Waals surface area (Å²) in [5.74, 6) is 1.31. The molecule has 1 saturated heterocycles. The van der Waals surface area contributed by atoms with Gasteiger partial charge in [-0.15, -0.1) is 0 Å². The summed E-state index contributed by atoms with van der Waals surface area (Å²) in [6.45, 7) is 4.25. The third kappa shape index (κ3) is 4.43. The first-order valence-corrected chi connectivity index (χ1v) is 10.4. The fourth-order valence-corrected chi connectivity index (χ4v) is 4.01. The van der Waals surface area contributed by atoms with Crippen LogP contribution in [-0.2, 0) is 4.74 Å². The molecule has 2 aromatic carbocycles. The number of benzene rings is 2. The van der Waals surface area contributed by atoms with Gasteiger partial charge >= 0.3 is 0 Å². The summed E-state index contributed by atoms with van der Waals surface area (Å²) in [4.78, 5) is 15.2. The lowest BCUT2D eigenvalue weighted by Gasteiger charge is -2.29. The Bertz CT molecular complexity index is 899. The molecule has 2 aromatic rings. The third-order valence-electron chi connectivity index (χ3n) is 4.87. The minimum atomic E-state index is -0.275. The highest BCUT2D eigenvalue weighted by Gasteiger charge is 2.21. The zero-order chi connectivity index (χ0) is 20.2. The normalized spacial score (nSPS) is 16.1. The number of ether oxygens (including phenoxy) is 4. The second kappa shape index (κ2) is 8.92. The number of anilines is 2. The van der Waals surface area contributed by atoms with Crippen LogP contribution < -0.4 is 24.4 Å². The van der Waals surface area contributed by atoms with Crippen molar-refractivity contribution in [1.29, 1.82) is 0 Å². The summed E-state index contributed by atoms with van der Waals surface area (Å²) in [5.41, 5.74) is 2.16. The molecule has 2 aliphatic heterocycles. The van der Waals surface area contributed by atoms with Crippen molar-refractivity contribution in [2.45, 2.75) is 6.42 Å². The van der Waals surface area contributed by atoms with Crippen LogP contribution in [0.1, 0.15) is 16.8 Å². The summed E-state index contributed by atoms with van der Waals surface area (Å²) in [6.07, 6.45) is 0.794. The maximum atomic E-state index is 12.9. The van der Waals surface area contributed by atoms with Crippen LogP contribution in [0.15, 0.2) is 34.8 Å². The van der Waals surface area contributed by atoms with Gasteiger partial charge in [-0.3, -0.25) is 4.79 Å². The average Bonchev–Trinajstić information content (AvgIpc) is 2.98. The van der Waals surface area contributed by atoms with Crippen molar-refractivity contribution in [3.8, 4) is 17.2 Å². The first kappa shape index (κ1) is 19.8. The number of methoxy groups -OCH3 is 1. The van der Waals surface area contributed by atoms with Crippen molar-refractivity contribution >= 4 is 33.2 Å². The van der Waals surface area contributed by atoms with E-state index in [1.54, 1.807) is 12.1 Å². The van der Waals surface area contributed by atoms with E-state index in [0.29, 0.717) is 41.7 Å². The van der Waals surface area contributed by atoms with Gasteiger partial charge in [0.25, 0.3) is 5.91 Å². The first-order valence-electron chi connectivity index (χ1n) is 9.57. The van der Waals surface area contributed by atoms with Crippen molar-refractivity contribution in [2.75, 3.05) is 56.8 Å². The van der Waals surface area contributed by atoms with E-state index < -0.39 is 0 Å². The van der Waals surface area contributed by atoms with Gasteiger partial charge in [0.15, 0.2) is 11.5 Å². The highest BCUT2D eigenvalue weighted by molar-refractivity contribution is 9.10. The van der Waals surface area contributed by atoms with Crippen molar-refractivity contribution in [1.82, 2.24) is 0 Å². The zero-order valence-electron chi connectivity index (χ0n) is 16.2. The molecule has 0 atom stereocenters. The summed E-state index contributed by atoms with van der Waals surface area (Å²) in [5, 5.41) is 2.94. The van der Waals surface area contributed by atoms with Gasteiger partial charge in [-0.05, 0) is 34.1 Å². The van der Waals surface area contributed by atoms with Crippen molar-refractivity contribution in [3.63, 3.8) is 0 Å². The van der Waals surface area contributed by atoms with Crippen molar-refractivity contribution in [2.24, 2.45) is 0 Å². The average molecular weight is 463 g/mol. The number of fused-ring (bicyclic) bond motifs is 1. The van der Waals surface area contributed by atoms with Crippen LogP contribution in [0.4, 0.5) is 11.4 Å². The molecule has 1 fully saturated rings. The standard InChI is InChI=1S/C21H23BrN2O5/c1-26-18-13-20-19(28-7-2-8-29-20)12-15(18)21(25)23-14-3-4-17(16(22)11-14)24-5-9-27-10-6-24/h3-4,11-13H,2,5-10H2,1H3,(H,23,25). The molecule has 0 radical (unpaired) electrons. The van der Waals surface area contributed by atoms with Gasteiger partial charge in [-0.25, -0.2) is 0 Å². The summed E-state index contributed by atoms with van der Waals surface area (Å²) < 4.78 is 23.1. The largest absolute Gasteiger partial charge is 0.496 e. The predicted molar refractivity (Wildman–Crippen MR) is 114 cm³/mol. The van der Waals surface area contributed by atoms with E-state index in [2.05, 4.69) is 26.1 Å². The lowest BCUT2D eigenvalue weighted by atomic mass is 10.1. The molecule has 154 valence electrons. The smallest absolute Gasteiger partial charge is 0.259 e. The summed E-state index contributed by atoms with van der Waals surface area (Å²) in [6, 6.07) is 9.16. The number of carbonyl (C=O) groups is 1. The maximum Gasteiger partial charge on any atom is 0.259 e. The minimum absolute atomic E-state index is 0.275. The molecule has 0 bridgehead atoms. The summed E-state index contributed by atoms with van der Waals surface area (Å²) >= 11 is 3.62. The van der Waals surface area contributed by atoms with Crippen molar-refractivity contribution < 1.29 is 23.7 Å². The Hall–Kier alpha value is -2.45. The maximum absolute atomic E-state index is 12.9. The van der Waals surface area contributed by atoms with E-state index in [0.717, 1.165) is 42.9 Å². The summed E-state index contributed by atoms with van der Waals surface area (Å²) in [7, 11) is 1.53. The molecule has 0 saturated carbocycles. The predicted octanol–water partition coefficient (Wildman–Crippen LogP) is 3.71.